The minimum Gasteiger partial charge on any atom is -0.457 e. The third kappa shape index (κ3) is 0.463. The van der Waals surface area contributed by atoms with Crippen LogP contribution < -0.4 is 0 Å². The fourth-order valence-corrected chi connectivity index (χ4v) is 1.13. The van der Waals surface area contributed by atoms with Gasteiger partial charge in [-0.3, -0.25) is 0 Å². The number of hydrogen-bond acceptors (Lipinski definition) is 3. The van der Waals surface area contributed by atoms with Gasteiger partial charge >= 0.3 is 5.97 Å². The highest BCUT2D eigenvalue weighted by Gasteiger charge is 2.65. The van der Waals surface area contributed by atoms with Gasteiger partial charge in [0.25, 0.3) is 0 Å². The molecule has 1 saturated heterocycles. The predicted octanol–water partition coefficient (Wildman–Crippen LogP) is -0.759. The fraction of sp³-hybridized carbons (Fsp3) is 0.800. The largest absolute Gasteiger partial charge is 0.457 e. The molecule has 2 fully saturated rings. The van der Waals surface area contributed by atoms with Gasteiger partial charge in [-0.2, -0.15) is 0 Å². The van der Waals surface area contributed by atoms with Crippen LogP contribution in [0.15, 0.2) is 0 Å². The van der Waals surface area contributed by atoms with E-state index in [1.165, 1.54) is 0 Å². The third-order valence-electron chi connectivity index (χ3n) is 1.78. The molecule has 1 aliphatic heterocycles. The lowest BCUT2D eigenvalue weighted by Gasteiger charge is -1.98. The van der Waals surface area contributed by atoms with Gasteiger partial charge in [-0.15, -0.1) is 0 Å². The standard InChI is InChI=1S/C5H5FO3/c6-2-1-3(7)4(1)9-5(2)8/h1-4,7H/t1?,2-,3?,4-/m0/s1. The number of esters is 1. The van der Waals surface area contributed by atoms with Crippen LogP contribution in [0.5, 0.6) is 0 Å². The number of carbonyl (C=O) groups excluding carboxylic acids is 1. The maximum atomic E-state index is 12.4. The van der Waals surface area contributed by atoms with Crippen molar-refractivity contribution in [2.75, 3.05) is 0 Å². The maximum Gasteiger partial charge on any atom is 0.341 e. The number of fused-ring (bicyclic) bond motifs is 1. The van der Waals surface area contributed by atoms with E-state index in [4.69, 9.17) is 5.11 Å². The van der Waals surface area contributed by atoms with Crippen LogP contribution in [0.2, 0.25) is 0 Å². The second-order valence-corrected chi connectivity index (χ2v) is 2.37. The lowest BCUT2D eigenvalue weighted by atomic mass is 10.3. The van der Waals surface area contributed by atoms with Crippen molar-refractivity contribution in [3.8, 4) is 0 Å². The molecule has 50 valence electrons. The van der Waals surface area contributed by atoms with E-state index in [1.54, 1.807) is 0 Å². The van der Waals surface area contributed by atoms with Crippen LogP contribution in [0.4, 0.5) is 4.39 Å². The first-order valence-corrected chi connectivity index (χ1v) is 2.74. The Morgan fingerprint density at radius 3 is 2.67 bits per heavy atom. The summed E-state index contributed by atoms with van der Waals surface area (Å²) in [4.78, 5) is 10.3. The lowest BCUT2D eigenvalue weighted by molar-refractivity contribution is -0.147. The molecule has 2 aliphatic rings. The summed E-state index contributed by atoms with van der Waals surface area (Å²) in [6.45, 7) is 0. The third-order valence-corrected chi connectivity index (χ3v) is 1.78. The van der Waals surface area contributed by atoms with Crippen LogP contribution in [-0.2, 0) is 9.53 Å². The summed E-state index contributed by atoms with van der Waals surface area (Å²) in [5.74, 6) is -1.38. The number of carbonyl (C=O) groups is 1. The Labute approximate surface area is 50.4 Å². The number of aliphatic hydroxyl groups is 1. The van der Waals surface area contributed by atoms with Crippen molar-refractivity contribution in [2.24, 2.45) is 5.92 Å². The zero-order valence-electron chi connectivity index (χ0n) is 4.45. The molecule has 1 N–H and O–H groups in total. The summed E-state index contributed by atoms with van der Waals surface area (Å²) >= 11 is 0. The minimum atomic E-state index is -1.58. The van der Waals surface area contributed by atoms with Gasteiger partial charge in [0.1, 0.15) is 12.2 Å². The highest BCUT2D eigenvalue weighted by molar-refractivity contribution is 5.79. The molecule has 0 bridgehead atoms. The second kappa shape index (κ2) is 1.26. The normalized spacial score (nSPS) is 54.7. The number of ether oxygens (including phenoxy) is 1. The van der Waals surface area contributed by atoms with Crippen LogP contribution in [-0.4, -0.2) is 29.5 Å². The first-order valence-electron chi connectivity index (χ1n) is 2.74. The summed E-state index contributed by atoms with van der Waals surface area (Å²) in [5, 5.41) is 8.72. The Balaban J connectivity index is 2.16. The molecule has 0 aromatic heterocycles. The number of rotatable bonds is 0. The van der Waals surface area contributed by atoms with Gasteiger partial charge in [0, 0.05) is 0 Å². The zero-order valence-corrected chi connectivity index (χ0v) is 4.45. The van der Waals surface area contributed by atoms with Gasteiger partial charge in [-0.05, 0) is 0 Å². The van der Waals surface area contributed by atoms with Crippen molar-refractivity contribution in [3.05, 3.63) is 0 Å². The molecule has 0 aromatic carbocycles. The minimum absolute atomic E-state index is 0.535. The second-order valence-electron chi connectivity index (χ2n) is 2.37. The Kier molecular flexibility index (Phi) is 0.725. The van der Waals surface area contributed by atoms with Gasteiger partial charge < -0.3 is 9.84 Å². The van der Waals surface area contributed by atoms with Crippen molar-refractivity contribution in [1.82, 2.24) is 0 Å². The summed E-state index contributed by atoms with van der Waals surface area (Å²) in [7, 11) is 0. The summed E-state index contributed by atoms with van der Waals surface area (Å²) < 4.78 is 16.8. The molecule has 1 aliphatic carbocycles. The molecule has 0 radical (unpaired) electrons. The Bertz CT molecular complexity index is 170. The molecule has 3 nitrogen and oxygen atoms in total. The van der Waals surface area contributed by atoms with E-state index in [2.05, 4.69) is 4.74 Å². The van der Waals surface area contributed by atoms with Crippen LogP contribution in [0, 0.1) is 5.92 Å². The topological polar surface area (TPSA) is 46.5 Å². The Morgan fingerprint density at radius 1 is 1.67 bits per heavy atom. The monoisotopic (exact) mass is 132 g/mol. The molecular weight excluding hydrogens is 127 g/mol. The highest BCUT2D eigenvalue weighted by Crippen LogP contribution is 2.44. The first kappa shape index (κ1) is 5.17. The van der Waals surface area contributed by atoms with Crippen LogP contribution in [0.3, 0.4) is 0 Å². The maximum absolute atomic E-state index is 12.4. The van der Waals surface area contributed by atoms with Crippen LogP contribution >= 0.6 is 0 Å². The van der Waals surface area contributed by atoms with Crippen molar-refractivity contribution in [3.63, 3.8) is 0 Å². The molecule has 1 heterocycles. The number of alkyl halides is 1. The van der Waals surface area contributed by atoms with Crippen molar-refractivity contribution in [1.29, 1.82) is 0 Å². The van der Waals surface area contributed by atoms with E-state index in [1.807, 2.05) is 0 Å². The molecule has 4 heteroatoms. The molecule has 9 heavy (non-hydrogen) atoms. The van der Waals surface area contributed by atoms with E-state index < -0.39 is 30.3 Å². The predicted molar refractivity (Wildman–Crippen MR) is 24.3 cm³/mol. The van der Waals surface area contributed by atoms with Crippen LogP contribution in [0.1, 0.15) is 0 Å². The molecule has 0 aromatic rings. The summed E-state index contributed by atoms with van der Waals surface area (Å²) in [5.41, 5.74) is 0. The van der Waals surface area contributed by atoms with E-state index in [0.29, 0.717) is 0 Å². The van der Waals surface area contributed by atoms with Gasteiger partial charge in [0.15, 0.2) is 0 Å². The van der Waals surface area contributed by atoms with E-state index in [9.17, 15) is 9.18 Å². The van der Waals surface area contributed by atoms with E-state index >= 15 is 0 Å². The average Bonchev–Trinajstić information content (AvgIpc) is 2.29. The Hall–Kier alpha value is -0.640. The van der Waals surface area contributed by atoms with Gasteiger partial charge in [0.2, 0.25) is 6.17 Å². The van der Waals surface area contributed by atoms with Crippen LogP contribution in [0.25, 0.3) is 0 Å². The summed E-state index contributed by atoms with van der Waals surface area (Å²) in [6.07, 6.45) is -2.85. The fourth-order valence-electron chi connectivity index (χ4n) is 1.13. The van der Waals surface area contributed by atoms with Crippen molar-refractivity contribution >= 4 is 5.97 Å². The number of hydrogen-bond donors (Lipinski definition) is 1. The molecule has 2 rings (SSSR count). The zero-order chi connectivity index (χ0) is 6.59. The molecular formula is C5H5FO3. The summed E-state index contributed by atoms with van der Waals surface area (Å²) in [6, 6.07) is 0. The quantitative estimate of drug-likeness (QED) is 0.441. The molecule has 2 unspecified atom stereocenters. The number of halogens is 1. The molecule has 4 atom stereocenters. The van der Waals surface area contributed by atoms with Gasteiger partial charge in [-0.25, -0.2) is 9.18 Å². The first-order chi connectivity index (χ1) is 4.22. The van der Waals surface area contributed by atoms with E-state index in [0.717, 1.165) is 0 Å². The Morgan fingerprint density at radius 2 is 2.33 bits per heavy atom. The van der Waals surface area contributed by atoms with Crippen molar-refractivity contribution in [2.45, 2.75) is 18.4 Å². The highest BCUT2D eigenvalue weighted by atomic mass is 19.1. The van der Waals surface area contributed by atoms with Crippen molar-refractivity contribution < 1.29 is 19.0 Å². The average molecular weight is 132 g/mol. The number of aliphatic hydroxyl groups excluding tert-OH is 1. The SMILES string of the molecule is O=C1O[C@@H]2C(O)C2[C@@H]1F. The lowest BCUT2D eigenvalue weighted by Crippen LogP contribution is -2.18. The van der Waals surface area contributed by atoms with Gasteiger partial charge in [-0.1, -0.05) is 0 Å². The smallest absolute Gasteiger partial charge is 0.341 e. The van der Waals surface area contributed by atoms with Gasteiger partial charge in [0.05, 0.1) is 5.92 Å². The van der Waals surface area contributed by atoms with E-state index in [-0.39, 0.29) is 0 Å². The molecule has 0 spiro atoms. The molecule has 0 amide bonds. The molecule has 1 saturated carbocycles.